The first-order chi connectivity index (χ1) is 9.25. The summed E-state index contributed by atoms with van der Waals surface area (Å²) < 4.78 is 13.8. The Morgan fingerprint density at radius 2 is 2.05 bits per heavy atom. The predicted molar refractivity (Wildman–Crippen MR) is 81.8 cm³/mol. The number of hydrogen-bond donors (Lipinski definition) is 1. The molecule has 0 saturated carbocycles. The van der Waals surface area contributed by atoms with Crippen molar-refractivity contribution in [2.45, 2.75) is 26.3 Å². The van der Waals surface area contributed by atoms with E-state index in [-0.39, 0.29) is 5.02 Å². The quantitative estimate of drug-likeness (QED) is 0.865. The van der Waals surface area contributed by atoms with E-state index in [0.29, 0.717) is 29.0 Å². The van der Waals surface area contributed by atoms with Gasteiger partial charge >= 0.3 is 0 Å². The van der Waals surface area contributed by atoms with Crippen LogP contribution in [0.3, 0.4) is 0 Å². The summed E-state index contributed by atoms with van der Waals surface area (Å²) in [5.41, 5.74) is 6.08. The molecule has 0 fully saturated rings. The van der Waals surface area contributed by atoms with E-state index in [4.69, 9.17) is 28.9 Å². The molecule has 2 N–H and O–H groups in total. The number of rotatable bonds is 3. The second kappa shape index (κ2) is 5.41. The van der Waals surface area contributed by atoms with Crippen LogP contribution in [0.1, 0.15) is 26.3 Å². The third kappa shape index (κ3) is 2.59. The Kier molecular flexibility index (Phi) is 4.17. The third-order valence-corrected chi connectivity index (χ3v) is 4.16. The van der Waals surface area contributed by atoms with E-state index in [2.05, 4.69) is 18.8 Å². The van der Waals surface area contributed by atoms with Crippen LogP contribution in [0.25, 0.3) is 0 Å². The highest BCUT2D eigenvalue weighted by molar-refractivity contribution is 6.35. The molecule has 1 aromatic rings. The Labute approximate surface area is 128 Å². The van der Waals surface area contributed by atoms with Gasteiger partial charge in [0.15, 0.2) is 5.96 Å². The van der Waals surface area contributed by atoms with Crippen LogP contribution >= 0.6 is 23.2 Å². The number of nitrogens with two attached hydrogens (primary N) is 1. The van der Waals surface area contributed by atoms with Crippen molar-refractivity contribution < 1.29 is 4.39 Å². The average Bonchev–Trinajstić information content (AvgIpc) is 2.62. The van der Waals surface area contributed by atoms with E-state index in [1.54, 1.807) is 0 Å². The average molecular weight is 318 g/mol. The Balaban J connectivity index is 2.47. The minimum absolute atomic E-state index is 0.0182. The second-order valence-electron chi connectivity index (χ2n) is 5.70. The standard InChI is InChI=1S/C14H18Cl2FN3/c1-8(2)6-20-13(18)19-7-14(20,3)9-4-12(17)11(16)5-10(9)15/h4-5,8H,6-7H2,1-3H3,(H2,18,19). The maximum absolute atomic E-state index is 13.8. The van der Waals surface area contributed by atoms with E-state index >= 15 is 0 Å². The Morgan fingerprint density at radius 3 is 2.65 bits per heavy atom. The van der Waals surface area contributed by atoms with Crippen molar-refractivity contribution in [3.05, 3.63) is 33.6 Å². The van der Waals surface area contributed by atoms with Gasteiger partial charge in [0.05, 0.1) is 17.1 Å². The first-order valence-electron chi connectivity index (χ1n) is 6.48. The van der Waals surface area contributed by atoms with Gasteiger partial charge in [0, 0.05) is 17.1 Å². The van der Waals surface area contributed by atoms with Gasteiger partial charge in [0.1, 0.15) is 5.82 Å². The normalized spacial score (nSPS) is 22.6. The van der Waals surface area contributed by atoms with Crippen LogP contribution < -0.4 is 5.73 Å². The lowest BCUT2D eigenvalue weighted by molar-refractivity contribution is 0.204. The number of benzene rings is 1. The number of halogens is 3. The van der Waals surface area contributed by atoms with Gasteiger partial charge in [-0.05, 0) is 25.0 Å². The lowest BCUT2D eigenvalue weighted by Crippen LogP contribution is -2.49. The van der Waals surface area contributed by atoms with Crippen LogP contribution in [0.5, 0.6) is 0 Å². The summed E-state index contributed by atoms with van der Waals surface area (Å²) in [6.07, 6.45) is 0. The maximum Gasteiger partial charge on any atom is 0.192 e. The highest BCUT2D eigenvalue weighted by Gasteiger charge is 2.41. The van der Waals surface area contributed by atoms with Crippen LogP contribution in [0.2, 0.25) is 10.0 Å². The summed E-state index contributed by atoms with van der Waals surface area (Å²) in [5.74, 6) is 0.381. The molecule has 2 rings (SSSR count). The number of nitrogens with zero attached hydrogens (tertiary/aromatic N) is 2. The molecule has 6 heteroatoms. The Morgan fingerprint density at radius 1 is 1.40 bits per heavy atom. The first-order valence-corrected chi connectivity index (χ1v) is 7.24. The topological polar surface area (TPSA) is 41.6 Å². The molecule has 0 amide bonds. The van der Waals surface area contributed by atoms with E-state index in [0.717, 1.165) is 6.54 Å². The van der Waals surface area contributed by atoms with Gasteiger partial charge in [0.25, 0.3) is 0 Å². The van der Waals surface area contributed by atoms with Gasteiger partial charge in [-0.15, -0.1) is 0 Å². The van der Waals surface area contributed by atoms with Crippen LogP contribution in [0.4, 0.5) is 4.39 Å². The molecule has 1 unspecified atom stereocenters. The van der Waals surface area contributed by atoms with Gasteiger partial charge < -0.3 is 10.6 Å². The van der Waals surface area contributed by atoms with Crippen LogP contribution in [0.15, 0.2) is 17.1 Å². The van der Waals surface area contributed by atoms with E-state index in [1.165, 1.54) is 12.1 Å². The molecule has 1 aliphatic rings. The summed E-state index contributed by atoms with van der Waals surface area (Å²) in [6.45, 7) is 7.33. The molecule has 0 aliphatic carbocycles. The van der Waals surface area contributed by atoms with Crippen molar-refractivity contribution in [3.8, 4) is 0 Å². The van der Waals surface area contributed by atoms with E-state index < -0.39 is 11.4 Å². The highest BCUT2D eigenvalue weighted by atomic mass is 35.5. The zero-order valence-electron chi connectivity index (χ0n) is 11.8. The molecule has 3 nitrogen and oxygen atoms in total. The van der Waals surface area contributed by atoms with Crippen molar-refractivity contribution in [2.75, 3.05) is 13.1 Å². The van der Waals surface area contributed by atoms with Gasteiger partial charge in [-0.25, -0.2) is 4.39 Å². The Hall–Kier alpha value is -1.00. The van der Waals surface area contributed by atoms with Crippen LogP contribution in [0, 0.1) is 11.7 Å². The summed E-state index contributed by atoms with van der Waals surface area (Å²) >= 11 is 12.0. The largest absolute Gasteiger partial charge is 0.370 e. The van der Waals surface area contributed by atoms with Crippen molar-refractivity contribution in [2.24, 2.45) is 16.6 Å². The molecule has 0 aromatic heterocycles. The maximum atomic E-state index is 13.8. The number of guanidine groups is 1. The zero-order valence-corrected chi connectivity index (χ0v) is 13.3. The van der Waals surface area contributed by atoms with Gasteiger partial charge in [-0.2, -0.15) is 0 Å². The van der Waals surface area contributed by atoms with Crippen molar-refractivity contribution in [1.29, 1.82) is 0 Å². The lowest BCUT2D eigenvalue weighted by atomic mass is 9.90. The molecule has 1 aromatic carbocycles. The minimum atomic E-state index is -0.545. The summed E-state index contributed by atoms with van der Waals surface area (Å²) in [6, 6.07) is 2.81. The molecular formula is C14H18Cl2FN3. The summed E-state index contributed by atoms with van der Waals surface area (Å²) in [4.78, 5) is 6.28. The Bertz CT molecular complexity index is 560. The minimum Gasteiger partial charge on any atom is -0.370 e. The molecule has 0 saturated heterocycles. The smallest absolute Gasteiger partial charge is 0.192 e. The molecule has 0 spiro atoms. The van der Waals surface area contributed by atoms with Gasteiger partial charge in [-0.3, -0.25) is 4.99 Å². The van der Waals surface area contributed by atoms with Crippen LogP contribution in [-0.2, 0) is 5.54 Å². The zero-order chi connectivity index (χ0) is 15.1. The van der Waals surface area contributed by atoms with E-state index in [9.17, 15) is 4.39 Å². The molecule has 1 heterocycles. The number of aliphatic imine (C=N–C) groups is 1. The lowest BCUT2D eigenvalue weighted by Gasteiger charge is -2.38. The highest BCUT2D eigenvalue weighted by Crippen LogP contribution is 2.39. The molecule has 110 valence electrons. The van der Waals surface area contributed by atoms with Crippen molar-refractivity contribution >= 4 is 29.2 Å². The fraction of sp³-hybridized carbons (Fsp3) is 0.500. The molecule has 0 radical (unpaired) electrons. The van der Waals surface area contributed by atoms with Gasteiger partial charge in [0.2, 0.25) is 0 Å². The summed E-state index contributed by atoms with van der Waals surface area (Å²) in [5, 5.41) is 0.446. The first kappa shape index (κ1) is 15.4. The van der Waals surface area contributed by atoms with Crippen molar-refractivity contribution in [3.63, 3.8) is 0 Å². The van der Waals surface area contributed by atoms with Crippen molar-refractivity contribution in [1.82, 2.24) is 4.90 Å². The predicted octanol–water partition coefficient (Wildman–Crippen LogP) is 3.63. The van der Waals surface area contributed by atoms with Crippen LogP contribution in [-0.4, -0.2) is 23.9 Å². The monoisotopic (exact) mass is 317 g/mol. The molecule has 1 aliphatic heterocycles. The molecule has 1 atom stereocenters. The molecule has 20 heavy (non-hydrogen) atoms. The molecule has 0 bridgehead atoms. The fourth-order valence-corrected chi connectivity index (χ4v) is 3.07. The van der Waals surface area contributed by atoms with E-state index in [1.807, 2.05) is 11.8 Å². The number of hydrogen-bond acceptors (Lipinski definition) is 3. The summed E-state index contributed by atoms with van der Waals surface area (Å²) in [7, 11) is 0. The fourth-order valence-electron chi connectivity index (χ4n) is 2.48. The third-order valence-electron chi connectivity index (χ3n) is 3.56. The SMILES string of the molecule is CC(C)CN1C(N)=NCC1(C)c1cc(F)c(Cl)cc1Cl. The second-order valence-corrected chi connectivity index (χ2v) is 6.51. The van der Waals surface area contributed by atoms with Gasteiger partial charge in [-0.1, -0.05) is 37.0 Å². The molecular weight excluding hydrogens is 300 g/mol.